The van der Waals surface area contributed by atoms with Crippen LogP contribution in [-0.2, 0) is 4.79 Å². The molecule has 2 aromatic heterocycles. The van der Waals surface area contributed by atoms with Gasteiger partial charge in [-0.3, -0.25) is 14.6 Å². The number of anilines is 3. The largest absolute Gasteiger partial charge is 0.369 e. The van der Waals surface area contributed by atoms with E-state index in [1.165, 1.54) is 0 Å². The van der Waals surface area contributed by atoms with Crippen LogP contribution in [0.3, 0.4) is 0 Å². The zero-order valence-corrected chi connectivity index (χ0v) is 15.9. The van der Waals surface area contributed by atoms with Gasteiger partial charge in [-0.15, -0.1) is 0 Å². The molecule has 0 radical (unpaired) electrons. The van der Waals surface area contributed by atoms with Crippen LogP contribution in [0.2, 0.25) is 0 Å². The number of pyridine rings is 2. The van der Waals surface area contributed by atoms with E-state index in [1.807, 2.05) is 18.2 Å². The molecule has 2 atom stereocenters. The average molecular weight is 396 g/mol. The van der Waals surface area contributed by atoms with E-state index in [9.17, 15) is 14.0 Å². The van der Waals surface area contributed by atoms with E-state index in [4.69, 9.17) is 11.5 Å². The van der Waals surface area contributed by atoms with Gasteiger partial charge in [0.2, 0.25) is 5.91 Å². The van der Waals surface area contributed by atoms with E-state index in [0.717, 1.165) is 17.0 Å². The lowest BCUT2D eigenvalue weighted by Gasteiger charge is -2.20. The molecule has 0 aliphatic carbocycles. The highest BCUT2D eigenvalue weighted by atomic mass is 19.1. The molecule has 3 rings (SSSR count). The number of fused-ring (bicyclic) bond motifs is 1. The third kappa shape index (κ3) is 4.40. The second-order valence-corrected chi connectivity index (χ2v) is 6.74. The highest BCUT2D eigenvalue weighted by Gasteiger charge is 2.21. The molecule has 9 heteroatoms. The zero-order chi connectivity index (χ0) is 21.1. The molecule has 0 saturated heterocycles. The van der Waals surface area contributed by atoms with Crippen LogP contribution >= 0.6 is 0 Å². The van der Waals surface area contributed by atoms with Gasteiger partial charge in [0.15, 0.2) is 11.6 Å². The summed E-state index contributed by atoms with van der Waals surface area (Å²) in [5.41, 5.74) is 11.9. The number of rotatable bonds is 7. The molecule has 150 valence electrons. The van der Waals surface area contributed by atoms with Crippen LogP contribution in [0.15, 0.2) is 42.6 Å². The Morgan fingerprint density at radius 3 is 2.55 bits per heavy atom. The minimum Gasteiger partial charge on any atom is -0.369 e. The molecule has 6 N–H and O–H groups in total. The van der Waals surface area contributed by atoms with Crippen molar-refractivity contribution in [1.29, 1.82) is 0 Å². The molecule has 1 aromatic carbocycles. The quantitative estimate of drug-likeness (QED) is 0.484. The van der Waals surface area contributed by atoms with Gasteiger partial charge in [0, 0.05) is 23.3 Å². The molecule has 0 aliphatic rings. The van der Waals surface area contributed by atoms with Crippen molar-refractivity contribution in [2.24, 2.45) is 17.4 Å². The van der Waals surface area contributed by atoms with E-state index < -0.39 is 29.6 Å². The van der Waals surface area contributed by atoms with Crippen molar-refractivity contribution in [2.45, 2.75) is 19.9 Å². The van der Waals surface area contributed by atoms with Gasteiger partial charge in [-0.2, -0.15) is 0 Å². The molecule has 2 heterocycles. The molecule has 2 unspecified atom stereocenters. The number of carbonyl (C=O) groups is 2. The first-order chi connectivity index (χ1) is 13.8. The Morgan fingerprint density at radius 1 is 1.10 bits per heavy atom. The summed E-state index contributed by atoms with van der Waals surface area (Å²) in [6, 6.07) is 9.68. The summed E-state index contributed by atoms with van der Waals surface area (Å²) in [7, 11) is 0. The predicted molar refractivity (Wildman–Crippen MR) is 109 cm³/mol. The second kappa shape index (κ2) is 8.09. The third-order valence-corrected chi connectivity index (χ3v) is 4.67. The molecule has 2 amide bonds. The smallest absolute Gasteiger partial charge is 0.252 e. The standard InChI is InChI=1S/C20H21FN6O2/c1-10(17(22)28)11(2)25-20-15(21)9-14(18(23)29)19(27-20)26-13-6-5-12-4-3-7-24-16(12)8-13/h3-11H,1-2H3,(H2,22,28)(H2,23,29)(H2,25,26,27). The van der Waals surface area contributed by atoms with Gasteiger partial charge >= 0.3 is 0 Å². The van der Waals surface area contributed by atoms with Gasteiger partial charge in [0.05, 0.1) is 17.0 Å². The van der Waals surface area contributed by atoms with Crippen LogP contribution in [0, 0.1) is 11.7 Å². The number of aromatic nitrogens is 2. The third-order valence-electron chi connectivity index (χ3n) is 4.67. The number of hydrogen-bond donors (Lipinski definition) is 4. The highest BCUT2D eigenvalue weighted by Crippen LogP contribution is 2.26. The van der Waals surface area contributed by atoms with Gasteiger partial charge in [0.25, 0.3) is 5.91 Å². The van der Waals surface area contributed by atoms with Gasteiger partial charge in [0.1, 0.15) is 5.82 Å². The molecular weight excluding hydrogens is 375 g/mol. The topological polar surface area (TPSA) is 136 Å². The Hall–Kier alpha value is -3.75. The van der Waals surface area contributed by atoms with Crippen LogP contribution in [0.5, 0.6) is 0 Å². The summed E-state index contributed by atoms with van der Waals surface area (Å²) in [4.78, 5) is 31.6. The van der Waals surface area contributed by atoms with Gasteiger partial charge in [-0.25, -0.2) is 9.37 Å². The van der Waals surface area contributed by atoms with E-state index in [-0.39, 0.29) is 17.2 Å². The van der Waals surface area contributed by atoms with Gasteiger partial charge in [-0.1, -0.05) is 19.1 Å². The monoisotopic (exact) mass is 396 g/mol. The minimum absolute atomic E-state index is 0.0793. The fourth-order valence-corrected chi connectivity index (χ4v) is 2.74. The Kier molecular flexibility index (Phi) is 5.58. The first-order valence-electron chi connectivity index (χ1n) is 8.94. The molecule has 3 aromatic rings. The lowest BCUT2D eigenvalue weighted by Crippen LogP contribution is -2.34. The number of nitrogens with zero attached hydrogens (tertiary/aromatic N) is 2. The van der Waals surface area contributed by atoms with E-state index in [0.29, 0.717) is 5.69 Å². The number of hydrogen-bond acceptors (Lipinski definition) is 6. The molecule has 0 aliphatic heterocycles. The van der Waals surface area contributed by atoms with Crippen molar-refractivity contribution >= 4 is 40.0 Å². The van der Waals surface area contributed by atoms with E-state index in [1.54, 1.807) is 32.2 Å². The zero-order valence-electron chi connectivity index (χ0n) is 15.9. The van der Waals surface area contributed by atoms with Crippen molar-refractivity contribution < 1.29 is 14.0 Å². The van der Waals surface area contributed by atoms with Gasteiger partial charge < -0.3 is 22.1 Å². The number of amides is 2. The molecule has 29 heavy (non-hydrogen) atoms. The number of nitrogens with one attached hydrogen (secondary N) is 2. The van der Waals surface area contributed by atoms with Crippen molar-refractivity contribution in [3.63, 3.8) is 0 Å². The van der Waals surface area contributed by atoms with Crippen molar-refractivity contribution in [1.82, 2.24) is 9.97 Å². The maximum Gasteiger partial charge on any atom is 0.252 e. The van der Waals surface area contributed by atoms with Crippen LogP contribution in [0.1, 0.15) is 24.2 Å². The number of nitrogens with two attached hydrogens (primary N) is 2. The fraction of sp³-hybridized carbons (Fsp3) is 0.200. The number of benzene rings is 1. The molecule has 0 bridgehead atoms. The predicted octanol–water partition coefficient (Wildman–Crippen LogP) is 2.53. The van der Waals surface area contributed by atoms with Crippen molar-refractivity contribution in [3.8, 4) is 0 Å². The number of halogens is 1. The van der Waals surface area contributed by atoms with Crippen LogP contribution in [-0.4, -0.2) is 27.8 Å². The summed E-state index contributed by atoms with van der Waals surface area (Å²) in [5.74, 6) is -2.74. The molecule has 8 nitrogen and oxygen atoms in total. The van der Waals surface area contributed by atoms with Gasteiger partial charge in [-0.05, 0) is 31.2 Å². The van der Waals surface area contributed by atoms with Crippen LogP contribution in [0.4, 0.5) is 21.7 Å². The van der Waals surface area contributed by atoms with E-state index in [2.05, 4.69) is 20.6 Å². The van der Waals surface area contributed by atoms with Crippen LogP contribution < -0.4 is 22.1 Å². The Morgan fingerprint density at radius 2 is 1.86 bits per heavy atom. The molecule has 0 saturated carbocycles. The number of primary amides is 2. The van der Waals surface area contributed by atoms with Crippen molar-refractivity contribution in [2.75, 3.05) is 10.6 Å². The average Bonchev–Trinajstić information content (AvgIpc) is 2.69. The lowest BCUT2D eigenvalue weighted by atomic mass is 10.0. The summed E-state index contributed by atoms with van der Waals surface area (Å²) in [5, 5.41) is 6.75. The molecular formula is C20H21FN6O2. The second-order valence-electron chi connectivity index (χ2n) is 6.74. The first-order valence-corrected chi connectivity index (χ1v) is 8.94. The highest BCUT2D eigenvalue weighted by molar-refractivity contribution is 5.99. The Bertz CT molecular complexity index is 1090. The van der Waals surface area contributed by atoms with Crippen molar-refractivity contribution in [3.05, 3.63) is 54.0 Å². The van der Waals surface area contributed by atoms with E-state index >= 15 is 0 Å². The molecule has 0 fully saturated rings. The first kappa shape index (κ1) is 20.0. The lowest BCUT2D eigenvalue weighted by molar-refractivity contribution is -0.121. The summed E-state index contributed by atoms with van der Waals surface area (Å²) in [6.07, 6.45) is 1.67. The summed E-state index contributed by atoms with van der Waals surface area (Å²) >= 11 is 0. The summed E-state index contributed by atoms with van der Waals surface area (Å²) < 4.78 is 14.5. The maximum atomic E-state index is 14.5. The normalized spacial score (nSPS) is 12.9. The number of carbonyl (C=O) groups excluding carboxylic acids is 2. The summed E-state index contributed by atoms with van der Waals surface area (Å²) in [6.45, 7) is 3.30. The minimum atomic E-state index is -0.831. The fourth-order valence-electron chi connectivity index (χ4n) is 2.74. The Balaban J connectivity index is 1.96. The van der Waals surface area contributed by atoms with Crippen LogP contribution in [0.25, 0.3) is 10.9 Å². The maximum absolute atomic E-state index is 14.5. The Labute approximate surface area is 166 Å². The SMILES string of the molecule is CC(Nc1nc(Nc2ccc3cccnc3c2)c(C(N)=O)cc1F)C(C)C(N)=O. The molecule has 0 spiro atoms.